The summed E-state index contributed by atoms with van der Waals surface area (Å²) in [5.41, 5.74) is -0.773. The largest absolute Gasteiger partial charge is 0.573 e. The second-order valence-corrected chi connectivity index (χ2v) is 6.56. The van der Waals surface area contributed by atoms with Crippen LogP contribution in [-0.4, -0.2) is 26.3 Å². The SMILES string of the molecule is Nc1n[nH]c(-c2c(Cl)cc(OC(F)(F)F)cc2Cl)c1S(=O)C(F)(F)F. The number of aromatic nitrogens is 2. The van der Waals surface area contributed by atoms with Crippen molar-refractivity contribution in [3.8, 4) is 17.0 Å². The molecule has 0 aliphatic rings. The van der Waals surface area contributed by atoms with Crippen LogP contribution in [0.15, 0.2) is 17.0 Å². The Hall–Kier alpha value is -1.66. The molecule has 1 unspecified atom stereocenters. The Bertz CT molecular complexity index is 813. The van der Waals surface area contributed by atoms with Gasteiger partial charge in [0.1, 0.15) is 10.6 Å². The van der Waals surface area contributed by atoms with Gasteiger partial charge in [-0.05, 0) is 12.1 Å². The van der Waals surface area contributed by atoms with E-state index in [1.54, 1.807) is 0 Å². The van der Waals surface area contributed by atoms with Gasteiger partial charge < -0.3 is 10.5 Å². The van der Waals surface area contributed by atoms with Gasteiger partial charge in [0.15, 0.2) is 16.6 Å². The van der Waals surface area contributed by atoms with Gasteiger partial charge in [-0.2, -0.15) is 18.3 Å². The fourth-order valence-corrected chi connectivity index (χ4v) is 3.26. The lowest BCUT2D eigenvalue weighted by molar-refractivity contribution is -0.274. The number of aromatic amines is 1. The second-order valence-electron chi connectivity index (χ2n) is 4.34. The quantitative estimate of drug-likeness (QED) is 0.707. The summed E-state index contributed by atoms with van der Waals surface area (Å²) in [6.45, 7) is 0. The summed E-state index contributed by atoms with van der Waals surface area (Å²) in [5.74, 6) is -1.52. The maximum atomic E-state index is 12.7. The molecule has 2 rings (SSSR count). The number of hydrogen-bond donors (Lipinski definition) is 2. The number of hydrogen-bond acceptors (Lipinski definition) is 4. The Morgan fingerprint density at radius 1 is 1.12 bits per heavy atom. The molecule has 25 heavy (non-hydrogen) atoms. The van der Waals surface area contributed by atoms with Crippen LogP contribution in [0.5, 0.6) is 5.75 Å². The van der Waals surface area contributed by atoms with Gasteiger partial charge in [0.05, 0.1) is 15.7 Å². The zero-order valence-corrected chi connectivity index (χ0v) is 13.8. The molecule has 1 heterocycles. The van der Waals surface area contributed by atoms with Crippen molar-refractivity contribution in [2.45, 2.75) is 16.8 Å². The highest BCUT2D eigenvalue weighted by Gasteiger charge is 2.42. The van der Waals surface area contributed by atoms with Gasteiger partial charge >= 0.3 is 11.9 Å². The molecule has 1 atom stereocenters. The zero-order valence-electron chi connectivity index (χ0n) is 11.4. The summed E-state index contributed by atoms with van der Waals surface area (Å²) in [4.78, 5) is -0.944. The van der Waals surface area contributed by atoms with Crippen molar-refractivity contribution in [1.82, 2.24) is 10.2 Å². The maximum absolute atomic E-state index is 12.7. The van der Waals surface area contributed by atoms with Gasteiger partial charge in [-0.25, -0.2) is 4.21 Å². The van der Waals surface area contributed by atoms with E-state index in [2.05, 4.69) is 14.9 Å². The summed E-state index contributed by atoms with van der Waals surface area (Å²) in [5, 5.41) is 4.41. The van der Waals surface area contributed by atoms with Crippen LogP contribution < -0.4 is 10.5 Å². The summed E-state index contributed by atoms with van der Waals surface area (Å²) >= 11 is 11.6. The molecule has 0 saturated heterocycles. The number of nitrogens with two attached hydrogens (primary N) is 1. The first-order valence-corrected chi connectivity index (χ1v) is 7.79. The minimum atomic E-state index is -5.16. The molecule has 0 spiro atoms. The monoisotopic (exact) mass is 427 g/mol. The van der Waals surface area contributed by atoms with Crippen molar-refractivity contribution in [3.05, 3.63) is 22.2 Å². The van der Waals surface area contributed by atoms with E-state index in [0.717, 1.165) is 0 Å². The van der Waals surface area contributed by atoms with Gasteiger partial charge in [0.2, 0.25) is 0 Å². The molecule has 0 aliphatic heterocycles. The average Bonchev–Trinajstić information content (AvgIpc) is 2.75. The molecule has 1 aromatic heterocycles. The van der Waals surface area contributed by atoms with Crippen LogP contribution in [0.2, 0.25) is 10.0 Å². The van der Waals surface area contributed by atoms with Crippen LogP contribution in [0.4, 0.5) is 32.2 Å². The highest BCUT2D eigenvalue weighted by atomic mass is 35.5. The highest BCUT2D eigenvalue weighted by molar-refractivity contribution is 7.86. The molecule has 0 radical (unpaired) electrons. The van der Waals surface area contributed by atoms with Crippen molar-refractivity contribution >= 4 is 39.8 Å². The van der Waals surface area contributed by atoms with Crippen molar-refractivity contribution in [2.24, 2.45) is 0 Å². The first-order chi connectivity index (χ1) is 11.3. The van der Waals surface area contributed by atoms with E-state index < -0.39 is 54.9 Å². The van der Waals surface area contributed by atoms with Crippen LogP contribution >= 0.6 is 23.2 Å². The summed E-state index contributed by atoms with van der Waals surface area (Å²) < 4.78 is 90.1. The first kappa shape index (κ1) is 19.7. The Balaban J connectivity index is 2.60. The normalized spacial score (nSPS) is 13.8. The minimum absolute atomic E-state index is 0.366. The summed E-state index contributed by atoms with van der Waals surface area (Å²) in [6.07, 6.45) is -5.03. The van der Waals surface area contributed by atoms with Crippen molar-refractivity contribution in [3.63, 3.8) is 0 Å². The smallest absolute Gasteiger partial charge is 0.406 e. The topological polar surface area (TPSA) is 81.0 Å². The number of benzene rings is 1. The molecule has 0 saturated carbocycles. The molecule has 138 valence electrons. The van der Waals surface area contributed by atoms with Gasteiger partial charge in [-0.15, -0.1) is 13.2 Å². The van der Waals surface area contributed by atoms with Crippen LogP contribution in [-0.2, 0) is 10.8 Å². The molecule has 3 N–H and O–H groups in total. The van der Waals surface area contributed by atoms with E-state index in [0.29, 0.717) is 12.1 Å². The van der Waals surface area contributed by atoms with Crippen LogP contribution in [0.3, 0.4) is 0 Å². The Kier molecular flexibility index (Phi) is 5.17. The molecular formula is C11H5Cl2F6N3O2S. The lowest BCUT2D eigenvalue weighted by Gasteiger charge is -2.13. The van der Waals surface area contributed by atoms with E-state index >= 15 is 0 Å². The van der Waals surface area contributed by atoms with E-state index in [1.807, 2.05) is 0 Å². The standard InChI is InChI=1S/C11H5Cl2F6N3O2S/c12-4-1-3(24-10(14,15)16)2-5(13)6(4)7-8(9(20)22-21-7)25(23)11(17,18)19/h1-2H,(H3,20,21,22). The summed E-state index contributed by atoms with van der Waals surface area (Å²) in [7, 11) is -3.58. The van der Waals surface area contributed by atoms with E-state index in [1.165, 1.54) is 0 Å². The van der Waals surface area contributed by atoms with Crippen LogP contribution in [0.1, 0.15) is 0 Å². The number of H-pyrrole nitrogens is 1. The minimum Gasteiger partial charge on any atom is -0.406 e. The lowest BCUT2D eigenvalue weighted by atomic mass is 10.1. The molecule has 0 bridgehead atoms. The number of nitrogen functional groups attached to an aromatic ring is 1. The maximum Gasteiger partial charge on any atom is 0.573 e. The lowest BCUT2D eigenvalue weighted by Crippen LogP contribution is -2.18. The molecule has 0 aliphatic carbocycles. The second kappa shape index (κ2) is 6.57. The van der Waals surface area contributed by atoms with Gasteiger partial charge in [0, 0.05) is 5.56 Å². The molecular weight excluding hydrogens is 423 g/mol. The predicted molar refractivity (Wildman–Crippen MR) is 77.6 cm³/mol. The average molecular weight is 428 g/mol. The van der Waals surface area contributed by atoms with Crippen molar-refractivity contribution in [1.29, 1.82) is 0 Å². The van der Waals surface area contributed by atoms with Gasteiger partial charge in [-0.3, -0.25) is 5.10 Å². The molecule has 0 amide bonds. The third-order valence-electron chi connectivity index (χ3n) is 2.64. The van der Waals surface area contributed by atoms with Crippen molar-refractivity contribution < 1.29 is 35.3 Å². The third-order valence-corrected chi connectivity index (χ3v) is 4.44. The molecule has 0 fully saturated rings. The molecule has 2 aromatic rings. The van der Waals surface area contributed by atoms with Crippen molar-refractivity contribution in [2.75, 3.05) is 5.73 Å². The number of nitrogens with zero attached hydrogens (tertiary/aromatic N) is 1. The Morgan fingerprint density at radius 2 is 1.64 bits per heavy atom. The number of alkyl halides is 6. The number of halogens is 8. The highest BCUT2D eigenvalue weighted by Crippen LogP contribution is 2.43. The van der Waals surface area contributed by atoms with E-state index in [9.17, 15) is 30.6 Å². The predicted octanol–water partition coefficient (Wildman–Crippen LogP) is 4.49. The fraction of sp³-hybridized carbons (Fsp3) is 0.182. The number of rotatable bonds is 3. The van der Waals surface area contributed by atoms with E-state index in [-0.39, 0.29) is 5.56 Å². The zero-order chi connectivity index (χ0) is 19.2. The number of anilines is 1. The Labute approximate surface area is 147 Å². The van der Waals surface area contributed by atoms with Crippen LogP contribution in [0, 0.1) is 0 Å². The third kappa shape index (κ3) is 4.30. The van der Waals surface area contributed by atoms with E-state index in [4.69, 9.17) is 28.9 Å². The van der Waals surface area contributed by atoms with Gasteiger partial charge in [0.25, 0.3) is 0 Å². The fourth-order valence-electron chi connectivity index (χ4n) is 1.80. The number of ether oxygens (including phenoxy) is 1. The first-order valence-electron chi connectivity index (χ1n) is 5.89. The molecule has 14 heteroatoms. The summed E-state index contributed by atoms with van der Waals surface area (Å²) in [6, 6.07) is 1.35. The number of nitrogens with one attached hydrogen (secondary N) is 1. The molecule has 5 nitrogen and oxygen atoms in total. The molecule has 1 aromatic carbocycles. The Morgan fingerprint density at radius 3 is 2.08 bits per heavy atom. The van der Waals surface area contributed by atoms with Crippen LogP contribution in [0.25, 0.3) is 11.3 Å². The van der Waals surface area contributed by atoms with Gasteiger partial charge in [-0.1, -0.05) is 23.2 Å².